The Bertz CT molecular complexity index is 342. The van der Waals surface area contributed by atoms with Gasteiger partial charge in [0.15, 0.2) is 0 Å². The molecule has 1 aromatic carbocycles. The van der Waals surface area contributed by atoms with E-state index in [0.717, 1.165) is 18.4 Å². The van der Waals surface area contributed by atoms with E-state index in [4.69, 9.17) is 0 Å². The van der Waals surface area contributed by atoms with Gasteiger partial charge in [-0.2, -0.15) is 0 Å². The Balaban J connectivity index is 2.73. The second kappa shape index (κ2) is 4.57. The highest BCUT2D eigenvalue weighted by atomic mass is 16.3. The van der Waals surface area contributed by atoms with E-state index in [-0.39, 0.29) is 0 Å². The third-order valence-electron chi connectivity index (χ3n) is 1.93. The zero-order valence-corrected chi connectivity index (χ0v) is 8.09. The Morgan fingerprint density at radius 2 is 2.15 bits per heavy atom. The molecule has 0 aliphatic rings. The molecule has 1 aromatic rings. The lowest BCUT2D eigenvalue weighted by Gasteiger charge is -2.02. The first-order valence-electron chi connectivity index (χ1n) is 4.42. The molecule has 0 radical (unpaired) electrons. The van der Waals surface area contributed by atoms with Crippen LogP contribution in [0.15, 0.2) is 18.2 Å². The van der Waals surface area contributed by atoms with E-state index >= 15 is 0 Å². The number of hydrogen-bond donors (Lipinski definition) is 1. The van der Waals surface area contributed by atoms with Gasteiger partial charge < -0.3 is 5.11 Å². The molecule has 1 rings (SSSR count). The predicted molar refractivity (Wildman–Crippen MR) is 54.6 cm³/mol. The fourth-order valence-electron chi connectivity index (χ4n) is 1.24. The monoisotopic (exact) mass is 174 g/mol. The van der Waals surface area contributed by atoms with Crippen molar-refractivity contribution in [1.29, 1.82) is 0 Å². The maximum Gasteiger partial charge on any atom is 0.118 e. The number of phenols is 1. The minimum atomic E-state index is 0.378. The van der Waals surface area contributed by atoms with Crippen molar-refractivity contribution < 1.29 is 5.11 Å². The first-order valence-corrected chi connectivity index (χ1v) is 4.42. The number of phenolic OH excluding ortho intramolecular Hbond substituents is 1. The highest BCUT2D eigenvalue weighted by molar-refractivity contribution is 5.36. The van der Waals surface area contributed by atoms with E-state index < -0.39 is 0 Å². The van der Waals surface area contributed by atoms with Gasteiger partial charge in [-0.05, 0) is 31.9 Å². The fourth-order valence-corrected chi connectivity index (χ4v) is 1.24. The van der Waals surface area contributed by atoms with E-state index in [9.17, 15) is 5.11 Å². The van der Waals surface area contributed by atoms with Crippen LogP contribution in [0.1, 0.15) is 24.5 Å². The quantitative estimate of drug-likeness (QED) is 0.683. The van der Waals surface area contributed by atoms with Gasteiger partial charge in [-0.15, -0.1) is 11.8 Å². The van der Waals surface area contributed by atoms with Crippen LogP contribution >= 0.6 is 0 Å². The molecule has 68 valence electrons. The van der Waals surface area contributed by atoms with Crippen LogP contribution in [0.25, 0.3) is 0 Å². The average Bonchev–Trinajstić information content (AvgIpc) is 2.11. The molecule has 0 aromatic heterocycles. The molecule has 0 saturated carbocycles. The summed E-state index contributed by atoms with van der Waals surface area (Å²) in [4.78, 5) is 0. The lowest BCUT2D eigenvalue weighted by Crippen LogP contribution is -1.86. The Labute approximate surface area is 79.4 Å². The van der Waals surface area contributed by atoms with Crippen LogP contribution < -0.4 is 0 Å². The van der Waals surface area contributed by atoms with Gasteiger partial charge in [0.1, 0.15) is 5.75 Å². The van der Waals surface area contributed by atoms with Gasteiger partial charge in [0.05, 0.1) is 0 Å². The molecular formula is C12H14O. The standard InChI is InChI=1S/C12H14O/c1-3-4-5-6-11-9-10(2)7-8-12(11)13/h7-9,13H,5-6H2,1-2H3. The second-order valence-electron chi connectivity index (χ2n) is 3.06. The van der Waals surface area contributed by atoms with Gasteiger partial charge >= 0.3 is 0 Å². The molecule has 1 N–H and O–H groups in total. The van der Waals surface area contributed by atoms with Gasteiger partial charge in [-0.3, -0.25) is 0 Å². The number of rotatable bonds is 2. The Morgan fingerprint density at radius 1 is 1.38 bits per heavy atom. The number of aromatic hydroxyl groups is 1. The van der Waals surface area contributed by atoms with Crippen LogP contribution in [-0.2, 0) is 6.42 Å². The highest BCUT2D eigenvalue weighted by Gasteiger charge is 1.99. The lowest BCUT2D eigenvalue weighted by atomic mass is 10.1. The van der Waals surface area contributed by atoms with Gasteiger partial charge in [0.25, 0.3) is 0 Å². The van der Waals surface area contributed by atoms with Crippen molar-refractivity contribution in [2.75, 3.05) is 0 Å². The first-order chi connectivity index (χ1) is 6.24. The number of hydrogen-bond acceptors (Lipinski definition) is 1. The Hall–Kier alpha value is -1.42. The summed E-state index contributed by atoms with van der Waals surface area (Å²) in [5, 5.41) is 9.49. The first kappa shape index (κ1) is 9.67. The zero-order chi connectivity index (χ0) is 9.68. The maximum absolute atomic E-state index is 9.49. The van der Waals surface area contributed by atoms with Crippen molar-refractivity contribution in [3.8, 4) is 17.6 Å². The molecule has 0 saturated heterocycles. The van der Waals surface area contributed by atoms with Crippen molar-refractivity contribution in [3.05, 3.63) is 29.3 Å². The van der Waals surface area contributed by atoms with Crippen LogP contribution in [0.5, 0.6) is 5.75 Å². The predicted octanol–water partition coefficient (Wildman–Crippen LogP) is 2.66. The fraction of sp³-hybridized carbons (Fsp3) is 0.333. The maximum atomic E-state index is 9.49. The van der Waals surface area contributed by atoms with E-state index in [1.54, 1.807) is 6.07 Å². The molecule has 0 spiro atoms. The molecule has 1 nitrogen and oxygen atoms in total. The normalized spacial score (nSPS) is 9.08. The molecule has 0 aliphatic heterocycles. The van der Waals surface area contributed by atoms with E-state index in [0.29, 0.717) is 5.75 Å². The largest absolute Gasteiger partial charge is 0.508 e. The van der Waals surface area contributed by atoms with Gasteiger partial charge in [-0.1, -0.05) is 17.7 Å². The van der Waals surface area contributed by atoms with Crippen molar-refractivity contribution in [1.82, 2.24) is 0 Å². The minimum Gasteiger partial charge on any atom is -0.508 e. The van der Waals surface area contributed by atoms with E-state index in [1.807, 2.05) is 26.0 Å². The van der Waals surface area contributed by atoms with Crippen LogP contribution in [0.2, 0.25) is 0 Å². The molecule has 0 atom stereocenters. The summed E-state index contributed by atoms with van der Waals surface area (Å²) < 4.78 is 0. The van der Waals surface area contributed by atoms with Crippen molar-refractivity contribution in [3.63, 3.8) is 0 Å². The molecule has 0 bridgehead atoms. The zero-order valence-electron chi connectivity index (χ0n) is 8.09. The molecule has 0 unspecified atom stereocenters. The number of benzene rings is 1. The topological polar surface area (TPSA) is 20.2 Å². The summed E-state index contributed by atoms with van der Waals surface area (Å²) in [6, 6.07) is 5.65. The van der Waals surface area contributed by atoms with Crippen molar-refractivity contribution in [2.45, 2.75) is 26.7 Å². The lowest BCUT2D eigenvalue weighted by molar-refractivity contribution is 0.468. The molecule has 0 heterocycles. The average molecular weight is 174 g/mol. The third-order valence-corrected chi connectivity index (χ3v) is 1.93. The second-order valence-corrected chi connectivity index (χ2v) is 3.06. The summed E-state index contributed by atoms with van der Waals surface area (Å²) in [7, 11) is 0. The van der Waals surface area contributed by atoms with Crippen LogP contribution in [0.4, 0.5) is 0 Å². The summed E-state index contributed by atoms with van der Waals surface area (Å²) in [6.45, 7) is 3.85. The minimum absolute atomic E-state index is 0.378. The summed E-state index contributed by atoms with van der Waals surface area (Å²) in [5.74, 6) is 6.20. The highest BCUT2D eigenvalue weighted by Crippen LogP contribution is 2.19. The van der Waals surface area contributed by atoms with E-state index in [2.05, 4.69) is 11.8 Å². The third kappa shape index (κ3) is 2.83. The van der Waals surface area contributed by atoms with Crippen molar-refractivity contribution >= 4 is 0 Å². The SMILES string of the molecule is CC#CCCc1cc(C)ccc1O. The number of aryl methyl sites for hydroxylation is 2. The molecule has 0 amide bonds. The molecule has 0 aliphatic carbocycles. The summed E-state index contributed by atoms with van der Waals surface area (Å²) in [6.07, 6.45) is 1.64. The van der Waals surface area contributed by atoms with Gasteiger partial charge in [0.2, 0.25) is 0 Å². The van der Waals surface area contributed by atoms with Crippen molar-refractivity contribution in [2.24, 2.45) is 0 Å². The molecule has 0 fully saturated rings. The van der Waals surface area contributed by atoms with Gasteiger partial charge in [0, 0.05) is 6.42 Å². The van der Waals surface area contributed by atoms with E-state index in [1.165, 1.54) is 5.56 Å². The Kier molecular flexibility index (Phi) is 3.40. The van der Waals surface area contributed by atoms with Gasteiger partial charge in [-0.25, -0.2) is 0 Å². The molecule has 1 heteroatoms. The Morgan fingerprint density at radius 3 is 2.85 bits per heavy atom. The van der Waals surface area contributed by atoms with Crippen LogP contribution in [0.3, 0.4) is 0 Å². The molecular weight excluding hydrogens is 160 g/mol. The molecule has 13 heavy (non-hydrogen) atoms. The van der Waals surface area contributed by atoms with Crippen LogP contribution in [-0.4, -0.2) is 5.11 Å². The smallest absolute Gasteiger partial charge is 0.118 e. The summed E-state index contributed by atoms with van der Waals surface area (Å²) in [5.41, 5.74) is 2.17. The summed E-state index contributed by atoms with van der Waals surface area (Å²) >= 11 is 0. The van der Waals surface area contributed by atoms with Crippen LogP contribution in [0, 0.1) is 18.8 Å².